The van der Waals surface area contributed by atoms with Gasteiger partial charge in [-0.25, -0.2) is 0 Å². The van der Waals surface area contributed by atoms with Crippen LogP contribution in [-0.2, 0) is 5.54 Å². The third kappa shape index (κ3) is 5.49. The number of benzene rings is 6. The minimum Gasteiger partial charge on any atom is -0.258 e. The summed E-state index contributed by atoms with van der Waals surface area (Å²) in [6.07, 6.45) is 0. The summed E-state index contributed by atoms with van der Waals surface area (Å²) in [5.74, 6) is 0.543. The SMILES string of the molecule is Cc1cc(-c2ccc(-c3ccccc3)c(-c3nnn(C(c4ccccc4)(c4ccccc4)c4ccccc4)n3)c2)c(-c2ccccc2)c(C)n1. The first kappa shape index (κ1) is 30.8. The van der Waals surface area contributed by atoms with Crippen molar-refractivity contribution in [3.05, 3.63) is 204 Å². The van der Waals surface area contributed by atoms with Crippen LogP contribution in [0.1, 0.15) is 28.1 Å². The van der Waals surface area contributed by atoms with Crippen molar-refractivity contribution in [3.8, 4) is 44.8 Å². The molecule has 5 nitrogen and oxygen atoms in total. The lowest BCUT2D eigenvalue weighted by atomic mass is 9.77. The van der Waals surface area contributed by atoms with Crippen LogP contribution in [0.25, 0.3) is 44.8 Å². The Kier molecular flexibility index (Phi) is 8.15. The maximum atomic E-state index is 5.30. The smallest absolute Gasteiger partial charge is 0.205 e. The van der Waals surface area contributed by atoms with Gasteiger partial charge in [-0.05, 0) is 75.7 Å². The number of aromatic nitrogens is 5. The first-order valence-electron chi connectivity index (χ1n) is 16.8. The number of aryl methyl sites for hydroxylation is 2. The third-order valence-electron chi connectivity index (χ3n) is 9.34. The van der Waals surface area contributed by atoms with Gasteiger partial charge in [0.15, 0.2) is 5.54 Å². The van der Waals surface area contributed by atoms with Gasteiger partial charge in [0.1, 0.15) is 0 Å². The molecule has 8 aromatic rings. The van der Waals surface area contributed by atoms with Gasteiger partial charge < -0.3 is 0 Å². The van der Waals surface area contributed by atoms with E-state index in [-0.39, 0.29) is 0 Å². The highest BCUT2D eigenvalue weighted by Gasteiger charge is 2.41. The summed E-state index contributed by atoms with van der Waals surface area (Å²) in [7, 11) is 0. The Morgan fingerprint density at radius 2 is 0.960 bits per heavy atom. The molecule has 0 unspecified atom stereocenters. The molecule has 0 aliphatic rings. The number of pyridine rings is 1. The maximum absolute atomic E-state index is 5.30. The van der Waals surface area contributed by atoms with Gasteiger partial charge >= 0.3 is 0 Å². The Bertz CT molecular complexity index is 2270. The minimum absolute atomic E-state index is 0.543. The van der Waals surface area contributed by atoms with E-state index >= 15 is 0 Å². The lowest BCUT2D eigenvalue weighted by molar-refractivity contribution is 0.396. The summed E-state index contributed by atoms with van der Waals surface area (Å²) in [5, 5.41) is 15.0. The second-order valence-electron chi connectivity index (χ2n) is 12.5. The standard InChI is InChI=1S/C45H35N5/c1-32-30-41(43(33(2)46-32)35-20-10-4-11-21-35)36-28-29-40(34-18-8-3-9-19-34)42(31-36)44-47-49-50(48-44)45(37-22-12-5-13-23-37,38-24-14-6-15-25-38)39-26-16-7-17-27-39/h3-31H,1-2H3. The van der Waals surface area contributed by atoms with Crippen LogP contribution in [0.4, 0.5) is 0 Å². The molecule has 0 fully saturated rings. The predicted octanol–water partition coefficient (Wildman–Crippen LogP) is 10.2. The molecule has 5 heteroatoms. The fourth-order valence-corrected chi connectivity index (χ4v) is 7.14. The van der Waals surface area contributed by atoms with Crippen LogP contribution < -0.4 is 0 Å². The highest BCUT2D eigenvalue weighted by Crippen LogP contribution is 2.42. The van der Waals surface area contributed by atoms with Gasteiger partial charge in [-0.1, -0.05) is 164 Å². The Morgan fingerprint density at radius 3 is 1.50 bits per heavy atom. The van der Waals surface area contributed by atoms with E-state index in [4.69, 9.17) is 20.4 Å². The van der Waals surface area contributed by atoms with Crippen molar-refractivity contribution in [3.63, 3.8) is 0 Å². The van der Waals surface area contributed by atoms with Crippen LogP contribution >= 0.6 is 0 Å². The van der Waals surface area contributed by atoms with E-state index in [0.29, 0.717) is 5.82 Å². The van der Waals surface area contributed by atoms with E-state index in [1.807, 2.05) is 37.3 Å². The molecule has 240 valence electrons. The second-order valence-corrected chi connectivity index (χ2v) is 12.5. The Hall–Kier alpha value is -6.46. The Morgan fingerprint density at radius 1 is 0.460 bits per heavy atom. The third-order valence-corrected chi connectivity index (χ3v) is 9.34. The van der Waals surface area contributed by atoms with Crippen molar-refractivity contribution in [1.29, 1.82) is 0 Å². The molecule has 0 saturated carbocycles. The summed E-state index contributed by atoms with van der Waals surface area (Å²) in [5.41, 5.74) is 11.6. The quantitative estimate of drug-likeness (QED) is 0.154. The number of rotatable bonds is 8. The first-order chi connectivity index (χ1) is 24.6. The number of tetrazole rings is 1. The van der Waals surface area contributed by atoms with Gasteiger partial charge in [-0.3, -0.25) is 4.98 Å². The van der Waals surface area contributed by atoms with Crippen molar-refractivity contribution in [2.24, 2.45) is 0 Å². The summed E-state index contributed by atoms with van der Waals surface area (Å²) in [6.45, 7) is 4.13. The molecule has 0 aliphatic carbocycles. The molecule has 2 heterocycles. The topological polar surface area (TPSA) is 56.5 Å². The highest BCUT2D eigenvalue weighted by molar-refractivity contribution is 5.90. The molecule has 0 N–H and O–H groups in total. The zero-order chi connectivity index (χ0) is 33.9. The Labute approximate surface area is 292 Å². The summed E-state index contributed by atoms with van der Waals surface area (Å²) in [6, 6.07) is 61.0. The van der Waals surface area contributed by atoms with Crippen molar-refractivity contribution < 1.29 is 0 Å². The zero-order valence-electron chi connectivity index (χ0n) is 28.0. The van der Waals surface area contributed by atoms with Crippen LogP contribution in [0.3, 0.4) is 0 Å². The molecule has 0 aliphatic heterocycles. The molecule has 0 atom stereocenters. The highest BCUT2D eigenvalue weighted by atomic mass is 15.6. The van der Waals surface area contributed by atoms with Crippen molar-refractivity contribution in [1.82, 2.24) is 25.2 Å². The molecular weight excluding hydrogens is 611 g/mol. The van der Waals surface area contributed by atoms with E-state index in [1.54, 1.807) is 4.80 Å². The summed E-state index contributed by atoms with van der Waals surface area (Å²) < 4.78 is 0. The molecule has 8 rings (SSSR count). The fourth-order valence-electron chi connectivity index (χ4n) is 7.14. The van der Waals surface area contributed by atoms with Crippen LogP contribution in [0.5, 0.6) is 0 Å². The van der Waals surface area contributed by atoms with E-state index in [2.05, 4.69) is 153 Å². The number of hydrogen-bond acceptors (Lipinski definition) is 4. The van der Waals surface area contributed by atoms with Crippen LogP contribution in [-0.4, -0.2) is 25.2 Å². The normalized spacial score (nSPS) is 11.4. The van der Waals surface area contributed by atoms with E-state index in [0.717, 1.165) is 67.0 Å². The van der Waals surface area contributed by atoms with Gasteiger partial charge in [-0.2, -0.15) is 0 Å². The van der Waals surface area contributed by atoms with Gasteiger partial charge in [0.05, 0.1) is 0 Å². The fraction of sp³-hybridized carbons (Fsp3) is 0.0667. The van der Waals surface area contributed by atoms with E-state index in [9.17, 15) is 0 Å². The van der Waals surface area contributed by atoms with Crippen LogP contribution in [0.15, 0.2) is 176 Å². The van der Waals surface area contributed by atoms with Crippen molar-refractivity contribution in [2.75, 3.05) is 0 Å². The zero-order valence-corrected chi connectivity index (χ0v) is 28.0. The van der Waals surface area contributed by atoms with Gasteiger partial charge in [0.2, 0.25) is 5.82 Å². The minimum atomic E-state index is -0.876. The summed E-state index contributed by atoms with van der Waals surface area (Å²) in [4.78, 5) is 6.65. The molecule has 0 saturated heterocycles. The average molecular weight is 646 g/mol. The average Bonchev–Trinajstić information content (AvgIpc) is 3.67. The Balaban J connectivity index is 1.38. The van der Waals surface area contributed by atoms with Crippen LogP contribution in [0.2, 0.25) is 0 Å². The van der Waals surface area contributed by atoms with E-state index in [1.165, 1.54) is 0 Å². The molecular formula is C45H35N5. The molecule has 6 aromatic carbocycles. The van der Waals surface area contributed by atoms with Crippen molar-refractivity contribution >= 4 is 0 Å². The summed E-state index contributed by atoms with van der Waals surface area (Å²) >= 11 is 0. The molecule has 0 radical (unpaired) electrons. The van der Waals surface area contributed by atoms with Gasteiger partial charge in [0.25, 0.3) is 0 Å². The lowest BCUT2D eigenvalue weighted by Crippen LogP contribution is -2.39. The largest absolute Gasteiger partial charge is 0.258 e. The molecule has 2 aromatic heterocycles. The first-order valence-corrected chi connectivity index (χ1v) is 16.8. The lowest BCUT2D eigenvalue weighted by Gasteiger charge is -2.34. The van der Waals surface area contributed by atoms with Crippen molar-refractivity contribution in [2.45, 2.75) is 19.4 Å². The predicted molar refractivity (Wildman–Crippen MR) is 201 cm³/mol. The second kappa shape index (κ2) is 13.2. The number of nitrogens with zero attached hydrogens (tertiary/aromatic N) is 5. The molecule has 50 heavy (non-hydrogen) atoms. The van der Waals surface area contributed by atoms with Gasteiger partial charge in [-0.15, -0.1) is 15.0 Å². The monoisotopic (exact) mass is 645 g/mol. The maximum Gasteiger partial charge on any atom is 0.205 e. The van der Waals surface area contributed by atoms with E-state index < -0.39 is 5.54 Å². The van der Waals surface area contributed by atoms with Gasteiger partial charge in [0, 0.05) is 22.5 Å². The van der Waals surface area contributed by atoms with Crippen LogP contribution in [0, 0.1) is 13.8 Å². The molecule has 0 spiro atoms. The molecule has 0 amide bonds. The molecule has 0 bridgehead atoms. The number of hydrogen-bond donors (Lipinski definition) is 0.